The third-order valence-electron chi connectivity index (χ3n) is 3.56. The minimum Gasteiger partial charge on any atom is -0.268 e. The Morgan fingerprint density at radius 2 is 1.67 bits per heavy atom. The molecule has 0 bridgehead atoms. The van der Waals surface area contributed by atoms with E-state index in [0.717, 1.165) is 14.3 Å². The third-order valence-corrected chi connectivity index (χ3v) is 6.00. The summed E-state index contributed by atoms with van der Waals surface area (Å²) in [5, 5.41) is 0. The number of carbonyl (C=O) groups is 1. The van der Waals surface area contributed by atoms with Crippen LogP contribution in [0.2, 0.25) is 0 Å². The first kappa shape index (κ1) is 14.3. The molecule has 1 unspecified atom stereocenters. The van der Waals surface area contributed by atoms with E-state index in [1.54, 1.807) is 37.3 Å². The molecule has 1 amide bonds. The first-order valence-corrected chi connectivity index (χ1v) is 8.59. The lowest BCUT2D eigenvalue weighted by atomic mass is 10.1. The van der Waals surface area contributed by atoms with E-state index in [0.29, 0.717) is 0 Å². The van der Waals surface area contributed by atoms with Gasteiger partial charge in [-0.2, -0.15) is 0 Å². The van der Waals surface area contributed by atoms with Crippen LogP contribution in [-0.4, -0.2) is 18.6 Å². The van der Waals surface area contributed by atoms with Gasteiger partial charge in [0.1, 0.15) is 4.90 Å². The number of halogens is 1. The van der Waals surface area contributed by atoms with Gasteiger partial charge in [-0.05, 0) is 36.8 Å². The summed E-state index contributed by atoms with van der Waals surface area (Å²) in [6.45, 7) is 1.71. The maximum Gasteiger partial charge on any atom is 0.269 e. The van der Waals surface area contributed by atoms with Crippen molar-refractivity contribution in [3.05, 3.63) is 64.1 Å². The molecule has 0 saturated carbocycles. The first-order valence-electron chi connectivity index (χ1n) is 6.36. The standard InChI is InChI=1S/C15H12BrNO3S/c1-10(11-6-8-12(16)9-7-11)17-15(18)13-4-2-3-5-14(13)21(17,19)20/h2-10H,1H3. The lowest BCUT2D eigenvalue weighted by Gasteiger charge is -2.23. The van der Waals surface area contributed by atoms with Gasteiger partial charge in [0.25, 0.3) is 15.9 Å². The molecule has 0 fully saturated rings. The average molecular weight is 366 g/mol. The maximum absolute atomic E-state index is 12.6. The van der Waals surface area contributed by atoms with Gasteiger partial charge < -0.3 is 0 Å². The highest BCUT2D eigenvalue weighted by molar-refractivity contribution is 9.10. The van der Waals surface area contributed by atoms with Crippen LogP contribution in [0.5, 0.6) is 0 Å². The minimum absolute atomic E-state index is 0.0824. The highest BCUT2D eigenvalue weighted by atomic mass is 79.9. The van der Waals surface area contributed by atoms with E-state index in [1.807, 2.05) is 12.1 Å². The van der Waals surface area contributed by atoms with Crippen molar-refractivity contribution in [3.8, 4) is 0 Å². The van der Waals surface area contributed by atoms with Gasteiger partial charge >= 0.3 is 0 Å². The predicted molar refractivity (Wildman–Crippen MR) is 82.4 cm³/mol. The summed E-state index contributed by atoms with van der Waals surface area (Å²) < 4.78 is 27.0. The summed E-state index contributed by atoms with van der Waals surface area (Å²) in [5.41, 5.74) is 1.00. The van der Waals surface area contributed by atoms with E-state index in [4.69, 9.17) is 0 Å². The van der Waals surface area contributed by atoms with Crippen molar-refractivity contribution in [1.82, 2.24) is 4.31 Å². The third kappa shape index (κ3) is 2.18. The number of fused-ring (bicyclic) bond motifs is 1. The average Bonchev–Trinajstić information content (AvgIpc) is 2.67. The normalized spacial score (nSPS) is 17.6. The maximum atomic E-state index is 12.6. The Morgan fingerprint density at radius 3 is 2.29 bits per heavy atom. The number of amides is 1. The molecule has 0 aliphatic carbocycles. The lowest BCUT2D eigenvalue weighted by Crippen LogP contribution is -2.32. The molecule has 108 valence electrons. The zero-order valence-corrected chi connectivity index (χ0v) is 13.6. The Hall–Kier alpha value is -1.66. The van der Waals surface area contributed by atoms with E-state index < -0.39 is 22.0 Å². The Labute approximate surface area is 131 Å². The van der Waals surface area contributed by atoms with Crippen molar-refractivity contribution in [2.75, 3.05) is 0 Å². The second-order valence-electron chi connectivity index (χ2n) is 4.83. The van der Waals surface area contributed by atoms with Crippen LogP contribution in [-0.2, 0) is 10.0 Å². The topological polar surface area (TPSA) is 54.5 Å². The van der Waals surface area contributed by atoms with Gasteiger partial charge in [0, 0.05) is 4.47 Å². The quantitative estimate of drug-likeness (QED) is 0.819. The number of sulfonamides is 1. The van der Waals surface area contributed by atoms with Gasteiger partial charge in [-0.15, -0.1) is 0 Å². The van der Waals surface area contributed by atoms with E-state index in [2.05, 4.69) is 15.9 Å². The van der Waals surface area contributed by atoms with Crippen LogP contribution in [0, 0.1) is 0 Å². The number of nitrogens with zero attached hydrogens (tertiary/aromatic N) is 1. The smallest absolute Gasteiger partial charge is 0.268 e. The molecule has 2 aromatic carbocycles. The molecular formula is C15H12BrNO3S. The zero-order chi connectivity index (χ0) is 15.2. The SMILES string of the molecule is CC(c1ccc(Br)cc1)N1C(=O)c2ccccc2S1(=O)=O. The lowest BCUT2D eigenvalue weighted by molar-refractivity contribution is 0.0839. The summed E-state index contributed by atoms with van der Waals surface area (Å²) in [6, 6.07) is 13.0. The van der Waals surface area contributed by atoms with Gasteiger partial charge in [-0.3, -0.25) is 4.79 Å². The van der Waals surface area contributed by atoms with Crippen LogP contribution in [0.25, 0.3) is 0 Å². The molecule has 21 heavy (non-hydrogen) atoms. The number of carbonyl (C=O) groups excluding carboxylic acids is 1. The molecule has 4 nitrogen and oxygen atoms in total. The second-order valence-corrected chi connectivity index (χ2v) is 7.53. The molecule has 6 heteroatoms. The van der Waals surface area contributed by atoms with Crippen molar-refractivity contribution >= 4 is 31.9 Å². The molecule has 3 rings (SSSR count). The molecule has 1 heterocycles. The fourth-order valence-electron chi connectivity index (χ4n) is 2.46. The Balaban J connectivity index is 2.08. The van der Waals surface area contributed by atoms with Crippen molar-refractivity contribution < 1.29 is 13.2 Å². The summed E-state index contributed by atoms with van der Waals surface area (Å²) in [4.78, 5) is 12.5. The molecule has 0 aromatic heterocycles. The largest absolute Gasteiger partial charge is 0.269 e. The molecule has 0 saturated heterocycles. The number of hydrogen-bond donors (Lipinski definition) is 0. The van der Waals surface area contributed by atoms with Gasteiger partial charge in [-0.1, -0.05) is 40.2 Å². The van der Waals surface area contributed by atoms with Crippen LogP contribution in [0.1, 0.15) is 28.9 Å². The number of hydrogen-bond acceptors (Lipinski definition) is 3. The predicted octanol–water partition coefficient (Wildman–Crippen LogP) is 3.35. The molecule has 1 aliphatic heterocycles. The monoisotopic (exact) mass is 365 g/mol. The minimum atomic E-state index is -3.78. The van der Waals surface area contributed by atoms with Gasteiger partial charge in [0.05, 0.1) is 11.6 Å². The van der Waals surface area contributed by atoms with Crippen molar-refractivity contribution in [2.45, 2.75) is 17.9 Å². The van der Waals surface area contributed by atoms with E-state index in [9.17, 15) is 13.2 Å². The summed E-state index contributed by atoms with van der Waals surface area (Å²) in [5.74, 6) is -0.471. The zero-order valence-electron chi connectivity index (χ0n) is 11.2. The molecule has 0 radical (unpaired) electrons. The molecule has 0 N–H and O–H groups in total. The van der Waals surface area contributed by atoms with Crippen LogP contribution in [0.15, 0.2) is 57.9 Å². The molecule has 1 atom stereocenters. The number of benzene rings is 2. The van der Waals surface area contributed by atoms with E-state index >= 15 is 0 Å². The summed E-state index contributed by atoms with van der Waals surface area (Å²) >= 11 is 3.34. The van der Waals surface area contributed by atoms with Crippen molar-refractivity contribution in [1.29, 1.82) is 0 Å². The van der Waals surface area contributed by atoms with Crippen molar-refractivity contribution in [3.63, 3.8) is 0 Å². The van der Waals surface area contributed by atoms with Gasteiger partial charge in [-0.25, -0.2) is 12.7 Å². The fourth-order valence-corrected chi connectivity index (χ4v) is 4.48. The molecule has 1 aliphatic rings. The fraction of sp³-hybridized carbons (Fsp3) is 0.133. The highest BCUT2D eigenvalue weighted by Crippen LogP contribution is 2.36. The van der Waals surface area contributed by atoms with Gasteiger partial charge in [0.15, 0.2) is 0 Å². The van der Waals surface area contributed by atoms with Crippen LogP contribution in [0.3, 0.4) is 0 Å². The second kappa shape index (κ2) is 4.96. The Morgan fingerprint density at radius 1 is 1.05 bits per heavy atom. The van der Waals surface area contributed by atoms with Gasteiger partial charge in [0.2, 0.25) is 0 Å². The highest BCUT2D eigenvalue weighted by Gasteiger charge is 2.43. The van der Waals surface area contributed by atoms with Crippen LogP contribution < -0.4 is 0 Å². The Kier molecular flexibility index (Phi) is 3.37. The van der Waals surface area contributed by atoms with E-state index in [-0.39, 0.29) is 10.5 Å². The molecular weight excluding hydrogens is 354 g/mol. The van der Waals surface area contributed by atoms with Crippen LogP contribution in [0.4, 0.5) is 0 Å². The first-order chi connectivity index (χ1) is 9.93. The van der Waals surface area contributed by atoms with Crippen LogP contribution >= 0.6 is 15.9 Å². The van der Waals surface area contributed by atoms with E-state index in [1.165, 1.54) is 6.07 Å². The van der Waals surface area contributed by atoms with Crippen molar-refractivity contribution in [2.24, 2.45) is 0 Å². The Bertz CT molecular complexity index is 815. The summed E-state index contributed by atoms with van der Waals surface area (Å²) in [6.07, 6.45) is 0. The summed E-state index contributed by atoms with van der Waals surface area (Å²) in [7, 11) is -3.78. The molecule has 2 aromatic rings. The number of rotatable bonds is 2. The molecule has 0 spiro atoms.